The van der Waals surface area contributed by atoms with Gasteiger partial charge in [0, 0.05) is 0 Å². The highest BCUT2D eigenvalue weighted by Gasteiger charge is 1.84. The predicted octanol–water partition coefficient (Wildman–Crippen LogP) is 2.81. The van der Waals surface area contributed by atoms with Crippen molar-refractivity contribution in [3.63, 3.8) is 0 Å². The van der Waals surface area contributed by atoms with E-state index in [1.165, 1.54) is 0 Å². The van der Waals surface area contributed by atoms with Gasteiger partial charge in [-0.05, 0) is 18.0 Å². The van der Waals surface area contributed by atoms with Crippen LogP contribution in [-0.4, -0.2) is 6.61 Å². The fraction of sp³-hybridized carbons (Fsp3) is 0.667. The van der Waals surface area contributed by atoms with Gasteiger partial charge in [0.2, 0.25) is 5.29 Å². The summed E-state index contributed by atoms with van der Waals surface area (Å²) >= 11 is 4.83. The molecule has 0 aromatic carbocycles. The molecule has 0 heterocycles. The summed E-state index contributed by atoms with van der Waals surface area (Å²) in [6.45, 7) is 2.57. The average Bonchev–Trinajstić information content (AvgIpc) is 1.80. The Labute approximate surface area is 59.5 Å². The maximum absolute atomic E-state index is 11.6. The molecule has 0 saturated carbocycles. The Morgan fingerprint density at radius 1 is 1.78 bits per heavy atom. The van der Waals surface area contributed by atoms with Gasteiger partial charge in [-0.3, -0.25) is 0 Å². The second kappa shape index (κ2) is 5.89. The summed E-state index contributed by atoms with van der Waals surface area (Å²) in [5.41, 5.74) is 0. The summed E-state index contributed by atoms with van der Waals surface area (Å²) in [5.74, 6) is 0. The maximum Gasteiger partial charge on any atom is 0.223 e. The van der Waals surface area contributed by atoms with Crippen LogP contribution in [0.3, 0.4) is 0 Å². The van der Waals surface area contributed by atoms with E-state index in [0.29, 0.717) is 6.61 Å². The fourth-order valence-electron chi connectivity index (χ4n) is 0.350. The van der Waals surface area contributed by atoms with Gasteiger partial charge < -0.3 is 4.74 Å². The normalized spacial score (nSPS) is 11.7. The van der Waals surface area contributed by atoms with Gasteiger partial charge in [0.1, 0.15) is 6.26 Å². The number of unbranched alkanes of at least 4 members (excludes halogenated alkanes) is 1. The van der Waals surface area contributed by atoms with E-state index < -0.39 is 5.29 Å². The number of halogens is 2. The molecule has 0 bridgehead atoms. The molecule has 0 saturated heterocycles. The van der Waals surface area contributed by atoms with Crippen LogP contribution in [0.2, 0.25) is 0 Å². The quantitative estimate of drug-likeness (QED) is 0.445. The molecule has 0 aliphatic carbocycles. The summed E-state index contributed by atoms with van der Waals surface area (Å²) in [6, 6.07) is 0. The number of ether oxygens (including phenoxy) is 1. The van der Waals surface area contributed by atoms with E-state index in [0.717, 1.165) is 19.1 Å². The van der Waals surface area contributed by atoms with E-state index in [9.17, 15) is 4.39 Å². The van der Waals surface area contributed by atoms with Crippen molar-refractivity contribution in [1.82, 2.24) is 0 Å². The lowest BCUT2D eigenvalue weighted by Gasteiger charge is -1.95. The van der Waals surface area contributed by atoms with Gasteiger partial charge in [0.15, 0.2) is 0 Å². The fourth-order valence-corrected chi connectivity index (χ4v) is 0.413. The van der Waals surface area contributed by atoms with Crippen LogP contribution in [0.1, 0.15) is 19.8 Å². The molecule has 0 radical (unpaired) electrons. The Bertz CT molecular complexity index is 89.1. The standard InChI is InChI=1S/C6H10ClFO/c1-2-3-4-9-5-6(7)8/h5H,2-4H2,1H3/b6-5+. The van der Waals surface area contributed by atoms with E-state index in [4.69, 9.17) is 11.6 Å². The highest BCUT2D eigenvalue weighted by atomic mass is 35.5. The molecule has 0 N–H and O–H groups in total. The molecule has 0 aliphatic heterocycles. The van der Waals surface area contributed by atoms with Gasteiger partial charge in [0.25, 0.3) is 0 Å². The lowest BCUT2D eigenvalue weighted by molar-refractivity contribution is 0.237. The van der Waals surface area contributed by atoms with Gasteiger partial charge in [-0.1, -0.05) is 13.3 Å². The van der Waals surface area contributed by atoms with Gasteiger partial charge in [-0.15, -0.1) is 0 Å². The van der Waals surface area contributed by atoms with E-state index >= 15 is 0 Å². The Balaban J connectivity index is 3.00. The number of hydrogen-bond acceptors (Lipinski definition) is 1. The van der Waals surface area contributed by atoms with Crippen LogP contribution >= 0.6 is 11.6 Å². The summed E-state index contributed by atoms with van der Waals surface area (Å²) in [6.07, 6.45) is 2.88. The summed E-state index contributed by atoms with van der Waals surface area (Å²) < 4.78 is 16.3. The van der Waals surface area contributed by atoms with E-state index in [1.807, 2.05) is 6.92 Å². The van der Waals surface area contributed by atoms with Crippen molar-refractivity contribution in [3.8, 4) is 0 Å². The average molecular weight is 153 g/mol. The molecule has 3 heteroatoms. The Morgan fingerprint density at radius 2 is 2.44 bits per heavy atom. The molecule has 0 rings (SSSR count). The topological polar surface area (TPSA) is 9.23 Å². The first-order valence-corrected chi connectivity index (χ1v) is 3.28. The molecule has 9 heavy (non-hydrogen) atoms. The highest BCUT2D eigenvalue weighted by Crippen LogP contribution is 2.01. The van der Waals surface area contributed by atoms with Gasteiger partial charge in [-0.2, -0.15) is 4.39 Å². The zero-order valence-corrected chi connectivity index (χ0v) is 6.12. The van der Waals surface area contributed by atoms with Crippen molar-refractivity contribution in [2.24, 2.45) is 0 Å². The van der Waals surface area contributed by atoms with Crippen molar-refractivity contribution < 1.29 is 9.13 Å². The first-order valence-electron chi connectivity index (χ1n) is 2.90. The lowest BCUT2D eigenvalue weighted by Crippen LogP contribution is -1.84. The van der Waals surface area contributed by atoms with E-state index in [1.54, 1.807) is 0 Å². The zero-order chi connectivity index (χ0) is 7.11. The third kappa shape index (κ3) is 7.76. The highest BCUT2D eigenvalue weighted by molar-refractivity contribution is 6.27. The molecule has 0 aliphatic rings. The van der Waals surface area contributed by atoms with E-state index in [2.05, 4.69) is 4.74 Å². The number of hydrogen-bond donors (Lipinski definition) is 0. The first-order chi connectivity index (χ1) is 4.27. The largest absolute Gasteiger partial charge is 0.497 e. The molecule has 0 spiro atoms. The molecular weight excluding hydrogens is 143 g/mol. The molecular formula is C6H10ClFO. The smallest absolute Gasteiger partial charge is 0.223 e. The maximum atomic E-state index is 11.6. The SMILES string of the molecule is CCCCO/C=C(/F)Cl. The minimum Gasteiger partial charge on any atom is -0.497 e. The second-order valence-electron chi connectivity index (χ2n) is 1.63. The monoisotopic (exact) mass is 152 g/mol. The molecule has 0 atom stereocenters. The molecule has 0 aromatic rings. The van der Waals surface area contributed by atoms with Crippen molar-refractivity contribution in [1.29, 1.82) is 0 Å². The van der Waals surface area contributed by atoms with Crippen molar-refractivity contribution in [2.75, 3.05) is 6.61 Å². The molecule has 0 fully saturated rings. The second-order valence-corrected chi connectivity index (χ2v) is 1.99. The van der Waals surface area contributed by atoms with Crippen LogP contribution in [0.4, 0.5) is 4.39 Å². The van der Waals surface area contributed by atoms with Crippen molar-refractivity contribution in [2.45, 2.75) is 19.8 Å². The molecule has 0 amide bonds. The van der Waals surface area contributed by atoms with Crippen LogP contribution in [0.5, 0.6) is 0 Å². The third-order valence-corrected chi connectivity index (χ3v) is 0.877. The van der Waals surface area contributed by atoms with Crippen LogP contribution in [0, 0.1) is 0 Å². The van der Waals surface area contributed by atoms with E-state index in [-0.39, 0.29) is 0 Å². The predicted molar refractivity (Wildman–Crippen MR) is 35.9 cm³/mol. The molecule has 0 unspecified atom stereocenters. The Kier molecular flexibility index (Phi) is 5.73. The molecule has 54 valence electrons. The minimum atomic E-state index is -0.800. The summed E-state index contributed by atoms with van der Waals surface area (Å²) in [4.78, 5) is 0. The third-order valence-electron chi connectivity index (χ3n) is 0.788. The van der Waals surface area contributed by atoms with Crippen molar-refractivity contribution >= 4 is 11.6 Å². The lowest BCUT2D eigenvalue weighted by atomic mass is 10.4. The summed E-state index contributed by atoms with van der Waals surface area (Å²) in [7, 11) is 0. The Hall–Kier alpha value is -0.240. The first kappa shape index (κ1) is 8.76. The minimum absolute atomic E-state index is 0.538. The summed E-state index contributed by atoms with van der Waals surface area (Å²) in [5, 5.41) is -0.800. The number of rotatable bonds is 4. The molecule has 1 nitrogen and oxygen atoms in total. The van der Waals surface area contributed by atoms with Gasteiger partial charge in [0.05, 0.1) is 6.61 Å². The van der Waals surface area contributed by atoms with Crippen molar-refractivity contribution in [3.05, 3.63) is 11.5 Å². The van der Waals surface area contributed by atoms with Gasteiger partial charge in [-0.25, -0.2) is 0 Å². The zero-order valence-electron chi connectivity index (χ0n) is 5.36. The van der Waals surface area contributed by atoms with Gasteiger partial charge >= 0.3 is 0 Å². The van der Waals surface area contributed by atoms with Crippen LogP contribution in [0.25, 0.3) is 0 Å². The van der Waals surface area contributed by atoms with Crippen LogP contribution < -0.4 is 0 Å². The van der Waals surface area contributed by atoms with Crippen LogP contribution in [0.15, 0.2) is 11.5 Å². The van der Waals surface area contributed by atoms with Crippen LogP contribution in [-0.2, 0) is 4.74 Å². The molecule has 0 aromatic heterocycles. The Morgan fingerprint density at radius 3 is 2.89 bits per heavy atom.